The summed E-state index contributed by atoms with van der Waals surface area (Å²) in [7, 11) is 0. The summed E-state index contributed by atoms with van der Waals surface area (Å²) in [6.07, 6.45) is 1.05. The third-order valence-corrected chi connectivity index (χ3v) is 4.05. The highest BCUT2D eigenvalue weighted by Crippen LogP contribution is 2.24. The van der Waals surface area contributed by atoms with Crippen LogP contribution in [0.4, 0.5) is 0 Å². The number of thioether (sulfide) groups is 1. The number of carbonyl (C=O) groups is 1. The third-order valence-electron chi connectivity index (χ3n) is 3.21. The van der Waals surface area contributed by atoms with E-state index in [1.807, 2.05) is 6.07 Å². The van der Waals surface area contributed by atoms with Gasteiger partial charge in [0.2, 0.25) is 5.16 Å². The van der Waals surface area contributed by atoms with E-state index < -0.39 is 5.97 Å². The molecule has 0 atom stereocenters. The lowest BCUT2D eigenvalue weighted by Crippen LogP contribution is -1.98. The van der Waals surface area contributed by atoms with Gasteiger partial charge >= 0.3 is 5.97 Å². The second kappa shape index (κ2) is 5.69. The van der Waals surface area contributed by atoms with Crippen LogP contribution in [0.3, 0.4) is 0 Å². The largest absolute Gasteiger partial charge is 0.481 e. The summed E-state index contributed by atoms with van der Waals surface area (Å²) < 4.78 is 0. The molecule has 6 nitrogen and oxygen atoms in total. The van der Waals surface area contributed by atoms with E-state index >= 15 is 0 Å². The Bertz CT molecular complexity index is 815. The second-order valence-electron chi connectivity index (χ2n) is 4.64. The number of aryl methyl sites for hydroxylation is 1. The molecule has 7 heteroatoms. The standard InChI is InChI=1S/C14H14N4O2S/c1-2-8-3-4-10-9(7-8)12-13(15-10)16-14(18-17-12)21-6-5-11(19)20/h3-4,7H,2,5-6H2,1H3,(H,19,20)(H,15,16,18). The first-order valence-electron chi connectivity index (χ1n) is 6.67. The average Bonchev–Trinajstić information content (AvgIpc) is 2.83. The topological polar surface area (TPSA) is 91.8 Å². The zero-order valence-electron chi connectivity index (χ0n) is 11.5. The van der Waals surface area contributed by atoms with E-state index in [0.29, 0.717) is 16.6 Å². The lowest BCUT2D eigenvalue weighted by atomic mass is 10.1. The molecule has 0 saturated carbocycles. The molecule has 0 aliphatic carbocycles. The van der Waals surface area contributed by atoms with Gasteiger partial charge in [-0.2, -0.15) is 0 Å². The first-order chi connectivity index (χ1) is 10.2. The highest BCUT2D eigenvalue weighted by molar-refractivity contribution is 7.99. The van der Waals surface area contributed by atoms with Crippen LogP contribution in [-0.4, -0.2) is 37.0 Å². The first-order valence-corrected chi connectivity index (χ1v) is 7.65. The minimum absolute atomic E-state index is 0.0820. The summed E-state index contributed by atoms with van der Waals surface area (Å²) in [6.45, 7) is 2.11. The number of rotatable bonds is 5. The highest BCUT2D eigenvalue weighted by atomic mass is 32.2. The fourth-order valence-electron chi connectivity index (χ4n) is 2.11. The Labute approximate surface area is 125 Å². The van der Waals surface area contributed by atoms with Crippen molar-refractivity contribution in [2.24, 2.45) is 0 Å². The number of carboxylic acid groups (broad SMARTS) is 1. The van der Waals surface area contributed by atoms with Gasteiger partial charge in [0.25, 0.3) is 0 Å². The van der Waals surface area contributed by atoms with Crippen molar-refractivity contribution in [3.63, 3.8) is 0 Å². The number of aromatic amines is 1. The van der Waals surface area contributed by atoms with Gasteiger partial charge in [0, 0.05) is 16.7 Å². The minimum Gasteiger partial charge on any atom is -0.481 e. The summed E-state index contributed by atoms with van der Waals surface area (Å²) in [5, 5.41) is 18.4. The van der Waals surface area contributed by atoms with Gasteiger partial charge in [-0.05, 0) is 24.1 Å². The number of nitrogens with one attached hydrogen (secondary N) is 1. The van der Waals surface area contributed by atoms with Crippen LogP contribution in [0.15, 0.2) is 23.4 Å². The maximum atomic E-state index is 10.5. The van der Waals surface area contributed by atoms with E-state index in [9.17, 15) is 4.79 Å². The number of hydrogen-bond acceptors (Lipinski definition) is 5. The minimum atomic E-state index is -0.825. The molecule has 1 aromatic carbocycles. The fraction of sp³-hybridized carbons (Fsp3) is 0.286. The Morgan fingerprint density at radius 1 is 1.38 bits per heavy atom. The van der Waals surface area contributed by atoms with Crippen molar-refractivity contribution in [2.45, 2.75) is 24.9 Å². The summed E-state index contributed by atoms with van der Waals surface area (Å²) >= 11 is 1.30. The van der Waals surface area contributed by atoms with E-state index in [2.05, 4.69) is 39.2 Å². The number of carboxylic acids is 1. The maximum Gasteiger partial charge on any atom is 0.304 e. The van der Waals surface area contributed by atoms with Crippen LogP contribution in [0.1, 0.15) is 18.9 Å². The molecular formula is C14H14N4O2S. The van der Waals surface area contributed by atoms with Gasteiger partial charge in [-0.25, -0.2) is 4.98 Å². The van der Waals surface area contributed by atoms with E-state index in [4.69, 9.17) is 5.11 Å². The van der Waals surface area contributed by atoms with Crippen molar-refractivity contribution in [1.29, 1.82) is 0 Å². The van der Waals surface area contributed by atoms with Crippen molar-refractivity contribution in [1.82, 2.24) is 20.2 Å². The van der Waals surface area contributed by atoms with Crippen LogP contribution in [0, 0.1) is 0 Å². The monoisotopic (exact) mass is 302 g/mol. The Morgan fingerprint density at radius 3 is 3.00 bits per heavy atom. The molecule has 21 heavy (non-hydrogen) atoms. The smallest absolute Gasteiger partial charge is 0.304 e. The number of aliphatic carboxylic acids is 1. The van der Waals surface area contributed by atoms with E-state index in [-0.39, 0.29) is 6.42 Å². The normalized spacial score (nSPS) is 11.3. The molecule has 0 spiro atoms. The van der Waals surface area contributed by atoms with Gasteiger partial charge in [-0.15, -0.1) is 10.2 Å². The first kappa shape index (κ1) is 13.8. The molecule has 108 valence electrons. The second-order valence-corrected chi connectivity index (χ2v) is 5.70. The molecule has 3 aromatic rings. The van der Waals surface area contributed by atoms with Crippen LogP contribution in [-0.2, 0) is 11.2 Å². The third kappa shape index (κ3) is 2.82. The van der Waals surface area contributed by atoms with Crippen LogP contribution in [0.5, 0.6) is 0 Å². The van der Waals surface area contributed by atoms with Crippen LogP contribution in [0.2, 0.25) is 0 Å². The molecule has 0 bridgehead atoms. The number of nitrogens with zero attached hydrogens (tertiary/aromatic N) is 3. The van der Waals surface area contributed by atoms with Crippen molar-refractivity contribution in [2.75, 3.05) is 5.75 Å². The Morgan fingerprint density at radius 2 is 2.24 bits per heavy atom. The molecule has 3 rings (SSSR count). The van der Waals surface area contributed by atoms with Gasteiger partial charge in [0.1, 0.15) is 5.52 Å². The van der Waals surface area contributed by atoms with Crippen molar-refractivity contribution < 1.29 is 9.90 Å². The average molecular weight is 302 g/mol. The summed E-state index contributed by atoms with van der Waals surface area (Å²) in [5.74, 6) is -0.392. The molecule has 0 unspecified atom stereocenters. The Balaban J connectivity index is 1.94. The van der Waals surface area contributed by atoms with Crippen LogP contribution >= 0.6 is 11.8 Å². The number of hydrogen-bond donors (Lipinski definition) is 2. The summed E-state index contributed by atoms with van der Waals surface area (Å²) in [6, 6.07) is 6.20. The molecule has 0 amide bonds. The zero-order chi connectivity index (χ0) is 14.8. The van der Waals surface area contributed by atoms with Crippen LogP contribution < -0.4 is 0 Å². The lowest BCUT2D eigenvalue weighted by Gasteiger charge is -1.97. The van der Waals surface area contributed by atoms with Gasteiger partial charge in [0.05, 0.1) is 6.42 Å². The summed E-state index contributed by atoms with van der Waals surface area (Å²) in [4.78, 5) is 18.1. The number of aromatic nitrogens is 4. The molecule has 0 fully saturated rings. The van der Waals surface area contributed by atoms with Crippen LogP contribution in [0.25, 0.3) is 22.1 Å². The SMILES string of the molecule is CCc1ccc2[nH]c3nc(SCCC(=O)O)nnc3c2c1. The molecule has 2 heterocycles. The molecule has 2 aromatic heterocycles. The van der Waals surface area contributed by atoms with Gasteiger partial charge < -0.3 is 10.1 Å². The summed E-state index contributed by atoms with van der Waals surface area (Å²) in [5.41, 5.74) is 3.66. The van der Waals surface area contributed by atoms with E-state index in [1.54, 1.807) is 0 Å². The zero-order valence-corrected chi connectivity index (χ0v) is 12.3. The predicted octanol–water partition coefficient (Wildman–Crippen LogP) is 2.64. The van der Waals surface area contributed by atoms with Crippen molar-refractivity contribution in [3.05, 3.63) is 23.8 Å². The molecule has 0 saturated heterocycles. The predicted molar refractivity (Wildman–Crippen MR) is 81.5 cm³/mol. The van der Waals surface area contributed by atoms with Crippen molar-refractivity contribution in [3.8, 4) is 0 Å². The molecule has 0 aliphatic rings. The van der Waals surface area contributed by atoms with Gasteiger partial charge in [-0.3, -0.25) is 4.79 Å². The number of benzene rings is 1. The molecular weight excluding hydrogens is 288 g/mol. The fourth-order valence-corrected chi connectivity index (χ4v) is 2.83. The molecule has 0 aliphatic heterocycles. The highest BCUT2D eigenvalue weighted by Gasteiger charge is 2.10. The Kier molecular flexibility index (Phi) is 3.74. The van der Waals surface area contributed by atoms with Gasteiger partial charge in [0.15, 0.2) is 5.65 Å². The quantitative estimate of drug-likeness (QED) is 0.704. The lowest BCUT2D eigenvalue weighted by molar-refractivity contribution is -0.136. The Hall–Kier alpha value is -2.15. The van der Waals surface area contributed by atoms with E-state index in [1.165, 1.54) is 17.3 Å². The maximum absolute atomic E-state index is 10.5. The number of H-pyrrole nitrogens is 1. The number of fused-ring (bicyclic) bond motifs is 3. The molecule has 0 radical (unpaired) electrons. The van der Waals surface area contributed by atoms with Gasteiger partial charge in [-0.1, -0.05) is 24.8 Å². The van der Waals surface area contributed by atoms with E-state index in [0.717, 1.165) is 22.8 Å². The van der Waals surface area contributed by atoms with Crippen molar-refractivity contribution >= 4 is 39.8 Å². The molecule has 2 N–H and O–H groups in total.